The zero-order valence-electron chi connectivity index (χ0n) is 8.97. The van der Waals surface area contributed by atoms with Gasteiger partial charge < -0.3 is 10.1 Å². The van der Waals surface area contributed by atoms with Crippen LogP contribution in [0.2, 0.25) is 0 Å². The highest BCUT2D eigenvalue weighted by Crippen LogP contribution is 2.42. The van der Waals surface area contributed by atoms with Crippen LogP contribution in [0, 0.1) is 5.41 Å². The second-order valence-corrected chi connectivity index (χ2v) is 4.25. The monoisotopic (exact) mass is 183 g/mol. The summed E-state index contributed by atoms with van der Waals surface area (Å²) in [6, 6.07) is 0.585. The van der Waals surface area contributed by atoms with E-state index in [1.807, 2.05) is 6.08 Å². The minimum absolute atomic E-state index is 0.277. The Bertz CT molecular complexity index is 177. The molecule has 2 heteroatoms. The van der Waals surface area contributed by atoms with Crippen LogP contribution < -0.4 is 5.32 Å². The molecule has 13 heavy (non-hydrogen) atoms. The summed E-state index contributed by atoms with van der Waals surface area (Å²) in [6.45, 7) is 12.0. The Morgan fingerprint density at radius 3 is 2.77 bits per heavy atom. The molecule has 2 atom stereocenters. The summed E-state index contributed by atoms with van der Waals surface area (Å²) in [5, 5.41) is 3.45. The molecule has 0 aliphatic heterocycles. The molecular formula is C11H21NO. The van der Waals surface area contributed by atoms with Gasteiger partial charge in [-0.25, -0.2) is 0 Å². The maximum Gasteiger partial charge on any atom is 0.0655 e. The van der Waals surface area contributed by atoms with E-state index in [1.54, 1.807) is 0 Å². The van der Waals surface area contributed by atoms with Crippen LogP contribution in [0.1, 0.15) is 27.2 Å². The maximum absolute atomic E-state index is 5.64. The second kappa shape index (κ2) is 4.25. The van der Waals surface area contributed by atoms with E-state index in [0.717, 1.165) is 19.6 Å². The first-order chi connectivity index (χ1) is 6.12. The van der Waals surface area contributed by atoms with Gasteiger partial charge in [0.05, 0.1) is 6.10 Å². The first kappa shape index (κ1) is 10.7. The number of hydrogen-bond donors (Lipinski definition) is 1. The van der Waals surface area contributed by atoms with Gasteiger partial charge in [0.1, 0.15) is 0 Å². The van der Waals surface area contributed by atoms with Gasteiger partial charge in [0.15, 0.2) is 0 Å². The maximum atomic E-state index is 5.64. The van der Waals surface area contributed by atoms with Crippen LogP contribution in [-0.2, 0) is 4.74 Å². The first-order valence-corrected chi connectivity index (χ1v) is 5.08. The van der Waals surface area contributed by atoms with Crippen LogP contribution >= 0.6 is 0 Å². The van der Waals surface area contributed by atoms with E-state index in [2.05, 4.69) is 32.7 Å². The van der Waals surface area contributed by atoms with Crippen molar-refractivity contribution in [1.29, 1.82) is 0 Å². The molecular weight excluding hydrogens is 162 g/mol. The molecule has 0 aromatic rings. The molecule has 0 amide bonds. The molecule has 0 bridgehead atoms. The van der Waals surface area contributed by atoms with Crippen molar-refractivity contribution >= 4 is 0 Å². The van der Waals surface area contributed by atoms with Crippen LogP contribution in [-0.4, -0.2) is 25.3 Å². The third kappa shape index (κ3) is 2.12. The van der Waals surface area contributed by atoms with E-state index in [4.69, 9.17) is 4.74 Å². The normalized spacial score (nSPS) is 31.0. The Kier molecular flexibility index (Phi) is 3.51. The average molecular weight is 183 g/mol. The molecule has 0 spiro atoms. The van der Waals surface area contributed by atoms with E-state index in [1.165, 1.54) is 0 Å². The lowest BCUT2D eigenvalue weighted by molar-refractivity contribution is -0.113. The molecule has 0 saturated heterocycles. The predicted molar refractivity (Wildman–Crippen MR) is 55.8 cm³/mol. The standard InChI is InChI=1S/C11H21NO/c1-5-7-12-9-8-10(13-6-2)11(9,3)4/h5,9-10,12H,1,6-8H2,2-4H3. The van der Waals surface area contributed by atoms with Gasteiger partial charge in [0.25, 0.3) is 0 Å². The average Bonchev–Trinajstić information content (AvgIpc) is 2.10. The molecule has 1 fully saturated rings. The van der Waals surface area contributed by atoms with E-state index in [0.29, 0.717) is 12.1 Å². The number of nitrogens with one attached hydrogen (secondary N) is 1. The minimum atomic E-state index is 0.277. The Labute approximate surface area is 81.4 Å². The number of hydrogen-bond acceptors (Lipinski definition) is 2. The van der Waals surface area contributed by atoms with Gasteiger partial charge in [0.2, 0.25) is 0 Å². The van der Waals surface area contributed by atoms with Crippen molar-refractivity contribution in [3.8, 4) is 0 Å². The van der Waals surface area contributed by atoms with Gasteiger partial charge in [-0.05, 0) is 13.3 Å². The third-order valence-electron chi connectivity index (χ3n) is 3.05. The topological polar surface area (TPSA) is 21.3 Å². The first-order valence-electron chi connectivity index (χ1n) is 5.08. The van der Waals surface area contributed by atoms with Crippen LogP contribution in [0.4, 0.5) is 0 Å². The summed E-state index contributed by atoms with van der Waals surface area (Å²) in [5.41, 5.74) is 0.277. The van der Waals surface area contributed by atoms with Gasteiger partial charge >= 0.3 is 0 Å². The summed E-state index contributed by atoms with van der Waals surface area (Å²) in [7, 11) is 0. The zero-order chi connectivity index (χ0) is 9.90. The lowest BCUT2D eigenvalue weighted by Crippen LogP contribution is -2.60. The molecule has 0 heterocycles. The summed E-state index contributed by atoms with van der Waals surface area (Å²) in [6.07, 6.45) is 3.47. The van der Waals surface area contributed by atoms with Crippen LogP contribution in [0.3, 0.4) is 0 Å². The Balaban J connectivity index is 2.34. The SMILES string of the molecule is C=CCNC1CC(OCC)C1(C)C. The van der Waals surface area contributed by atoms with Crippen molar-refractivity contribution in [2.75, 3.05) is 13.2 Å². The van der Waals surface area contributed by atoms with Crippen LogP contribution in [0.15, 0.2) is 12.7 Å². The van der Waals surface area contributed by atoms with Gasteiger partial charge in [-0.2, -0.15) is 0 Å². The fourth-order valence-electron chi connectivity index (χ4n) is 1.94. The van der Waals surface area contributed by atoms with Crippen molar-refractivity contribution in [3.63, 3.8) is 0 Å². The van der Waals surface area contributed by atoms with Crippen molar-refractivity contribution in [2.24, 2.45) is 5.41 Å². The quantitative estimate of drug-likeness (QED) is 0.658. The lowest BCUT2D eigenvalue weighted by atomic mass is 9.64. The number of rotatable bonds is 5. The summed E-state index contributed by atoms with van der Waals surface area (Å²) < 4.78 is 5.64. The highest BCUT2D eigenvalue weighted by atomic mass is 16.5. The fourth-order valence-corrected chi connectivity index (χ4v) is 1.94. The highest BCUT2D eigenvalue weighted by Gasteiger charge is 2.48. The molecule has 1 N–H and O–H groups in total. The van der Waals surface area contributed by atoms with Gasteiger partial charge in [-0.1, -0.05) is 19.9 Å². The molecule has 0 aromatic heterocycles. The summed E-state index contributed by atoms with van der Waals surface area (Å²) in [5.74, 6) is 0. The Hall–Kier alpha value is -0.340. The van der Waals surface area contributed by atoms with E-state index >= 15 is 0 Å². The fraction of sp³-hybridized carbons (Fsp3) is 0.818. The van der Waals surface area contributed by atoms with Crippen LogP contribution in [0.25, 0.3) is 0 Å². The molecule has 1 aliphatic carbocycles. The Morgan fingerprint density at radius 1 is 1.62 bits per heavy atom. The van der Waals surface area contributed by atoms with Crippen molar-refractivity contribution in [2.45, 2.75) is 39.3 Å². The molecule has 2 unspecified atom stereocenters. The van der Waals surface area contributed by atoms with Crippen molar-refractivity contribution < 1.29 is 4.74 Å². The highest BCUT2D eigenvalue weighted by molar-refractivity contribution is 5.03. The summed E-state index contributed by atoms with van der Waals surface area (Å²) >= 11 is 0. The van der Waals surface area contributed by atoms with E-state index in [9.17, 15) is 0 Å². The van der Waals surface area contributed by atoms with E-state index in [-0.39, 0.29) is 5.41 Å². The smallest absolute Gasteiger partial charge is 0.0655 e. The second-order valence-electron chi connectivity index (χ2n) is 4.25. The zero-order valence-corrected chi connectivity index (χ0v) is 8.97. The Morgan fingerprint density at radius 2 is 2.31 bits per heavy atom. The molecule has 0 radical (unpaired) electrons. The van der Waals surface area contributed by atoms with Gasteiger partial charge in [-0.3, -0.25) is 0 Å². The molecule has 1 rings (SSSR count). The lowest BCUT2D eigenvalue weighted by Gasteiger charge is -2.51. The van der Waals surface area contributed by atoms with Crippen LogP contribution in [0.5, 0.6) is 0 Å². The van der Waals surface area contributed by atoms with Crippen molar-refractivity contribution in [3.05, 3.63) is 12.7 Å². The molecule has 0 aromatic carbocycles. The summed E-state index contributed by atoms with van der Waals surface area (Å²) in [4.78, 5) is 0. The number of ether oxygens (including phenoxy) is 1. The minimum Gasteiger partial charge on any atom is -0.378 e. The van der Waals surface area contributed by atoms with Gasteiger partial charge in [0, 0.05) is 24.6 Å². The molecule has 76 valence electrons. The molecule has 2 nitrogen and oxygen atoms in total. The molecule has 1 saturated carbocycles. The van der Waals surface area contributed by atoms with E-state index < -0.39 is 0 Å². The largest absolute Gasteiger partial charge is 0.378 e. The predicted octanol–water partition coefficient (Wildman–Crippen LogP) is 1.97. The van der Waals surface area contributed by atoms with Crippen molar-refractivity contribution in [1.82, 2.24) is 5.32 Å². The van der Waals surface area contributed by atoms with Gasteiger partial charge in [-0.15, -0.1) is 6.58 Å². The third-order valence-corrected chi connectivity index (χ3v) is 3.05. The molecule has 1 aliphatic rings.